The normalized spacial score (nSPS) is 16.3. The standard InChI is InChI=1S/2C37H29N/c1-24-18-25(2)20-26(19-24)21-28-11-8-17-35-36(28)30-13-5-7-15-33(30)37(35)32-14-6-4-10-27(32)22-31-29(23-38-3)12-9-16-34(31)37;1-24-16-25(2)18-28(17-24)19-26-13-15-32-31-9-5-7-11-34(31)37(36(32)20-26)33-10-6-4-8-29(33)22-30-14-12-27(23-38-3)21-35(30)37/h4-20H,21-23H2,1-2H3;4-18,20-21H,19,22-23H2,1-2H3. The summed E-state index contributed by atoms with van der Waals surface area (Å²) < 4.78 is 0. The first-order valence-electron chi connectivity index (χ1n) is 26.9. The minimum absolute atomic E-state index is 0.382. The predicted octanol–water partition coefficient (Wildman–Crippen LogP) is 17.2. The van der Waals surface area contributed by atoms with Gasteiger partial charge in [-0.1, -0.05) is 222 Å². The molecule has 0 bridgehead atoms. The predicted molar refractivity (Wildman–Crippen MR) is 311 cm³/mol. The van der Waals surface area contributed by atoms with Crippen LogP contribution in [0.4, 0.5) is 0 Å². The third-order valence-electron chi connectivity index (χ3n) is 17.0. The minimum Gasteiger partial charge on any atom is -0.312 e. The highest BCUT2D eigenvalue weighted by Gasteiger charge is 2.52. The molecule has 0 aliphatic heterocycles. The summed E-state index contributed by atoms with van der Waals surface area (Å²) in [5.74, 6) is 0. The van der Waals surface area contributed by atoms with Gasteiger partial charge in [0.1, 0.15) is 0 Å². The molecule has 0 aromatic heterocycles. The summed E-state index contributed by atoms with van der Waals surface area (Å²) in [4.78, 5) is 7.53. The zero-order valence-electron chi connectivity index (χ0n) is 43.8. The maximum absolute atomic E-state index is 7.63. The Balaban J connectivity index is 0.000000146. The Morgan fingerprint density at radius 1 is 0.342 bits per heavy atom. The zero-order valence-corrected chi connectivity index (χ0v) is 43.8. The van der Waals surface area contributed by atoms with Gasteiger partial charge < -0.3 is 9.69 Å². The van der Waals surface area contributed by atoms with Gasteiger partial charge in [0.15, 0.2) is 0 Å². The Bertz CT molecular complexity index is 4040. The Hall–Kier alpha value is -8.82. The Morgan fingerprint density at radius 2 is 0.829 bits per heavy atom. The molecule has 76 heavy (non-hydrogen) atoms. The molecule has 4 aliphatic carbocycles. The lowest BCUT2D eigenvalue weighted by Gasteiger charge is -2.40. The van der Waals surface area contributed by atoms with Gasteiger partial charge in [0.25, 0.3) is 0 Å². The van der Waals surface area contributed by atoms with Crippen molar-refractivity contribution in [2.75, 3.05) is 0 Å². The largest absolute Gasteiger partial charge is 0.312 e. The van der Waals surface area contributed by atoms with Gasteiger partial charge in [-0.15, -0.1) is 0 Å². The van der Waals surface area contributed by atoms with E-state index in [9.17, 15) is 0 Å². The van der Waals surface area contributed by atoms with E-state index in [1.165, 1.54) is 134 Å². The zero-order chi connectivity index (χ0) is 51.7. The number of fused-ring (bicyclic) bond motifs is 18. The molecule has 0 amide bonds. The van der Waals surface area contributed by atoms with Crippen molar-refractivity contribution in [3.8, 4) is 22.3 Å². The molecule has 0 fully saturated rings. The highest BCUT2D eigenvalue weighted by atomic mass is 14.6. The maximum atomic E-state index is 7.63. The van der Waals surface area contributed by atoms with Gasteiger partial charge >= 0.3 is 0 Å². The molecule has 0 heterocycles. The van der Waals surface area contributed by atoms with Gasteiger partial charge in [-0.25, -0.2) is 13.1 Å². The molecule has 10 aromatic carbocycles. The summed E-state index contributed by atoms with van der Waals surface area (Å²) in [5, 5.41) is 0. The summed E-state index contributed by atoms with van der Waals surface area (Å²) in [5.41, 5.74) is 33.8. The van der Waals surface area contributed by atoms with Gasteiger partial charge in [-0.3, -0.25) is 0 Å². The first-order chi connectivity index (χ1) is 37.2. The van der Waals surface area contributed by atoms with Crippen molar-refractivity contribution in [1.82, 2.24) is 0 Å². The van der Waals surface area contributed by atoms with Gasteiger partial charge in [-0.2, -0.15) is 0 Å². The summed E-state index contributed by atoms with van der Waals surface area (Å²) in [7, 11) is 0. The SMILES string of the molecule is [C-]#[N+]Cc1ccc2c(c1)C1(c3ccccc3C2)c2ccccc2-c2ccc(Cc3cc(C)cc(C)c3)cc21.[C-]#[N+]Cc1cccc2c1Cc1ccccc1C21c2ccccc2-c2c(Cc3cc(C)cc(C)c3)cccc21. The average molecular weight is 975 g/mol. The smallest absolute Gasteiger partial charge is 0.240 e. The van der Waals surface area contributed by atoms with Crippen molar-refractivity contribution >= 4 is 0 Å². The van der Waals surface area contributed by atoms with Crippen LogP contribution in [0.25, 0.3) is 31.9 Å². The molecule has 2 nitrogen and oxygen atoms in total. The van der Waals surface area contributed by atoms with Gasteiger partial charge in [0.05, 0.1) is 10.8 Å². The van der Waals surface area contributed by atoms with E-state index >= 15 is 0 Å². The lowest BCUT2D eigenvalue weighted by molar-refractivity contribution is 0.717. The van der Waals surface area contributed by atoms with E-state index in [4.69, 9.17) is 13.1 Å². The van der Waals surface area contributed by atoms with Crippen LogP contribution in [0, 0.1) is 40.8 Å². The quantitative estimate of drug-likeness (QED) is 0.147. The molecule has 10 aromatic rings. The van der Waals surface area contributed by atoms with Crippen LogP contribution in [0.1, 0.15) is 122 Å². The fourth-order valence-electron chi connectivity index (χ4n) is 14.5. The van der Waals surface area contributed by atoms with E-state index in [1.54, 1.807) is 0 Å². The molecule has 0 saturated carbocycles. The summed E-state index contributed by atoms with van der Waals surface area (Å²) in [6.07, 6.45) is 3.61. The van der Waals surface area contributed by atoms with Gasteiger partial charge in [-0.05, 0) is 171 Å². The maximum Gasteiger partial charge on any atom is 0.240 e. The number of hydrogen-bond acceptors (Lipinski definition) is 0. The lowest BCUT2D eigenvalue weighted by Crippen LogP contribution is -2.34. The van der Waals surface area contributed by atoms with E-state index in [1.807, 2.05) is 0 Å². The van der Waals surface area contributed by atoms with Crippen LogP contribution in [-0.2, 0) is 49.6 Å². The van der Waals surface area contributed by atoms with E-state index < -0.39 is 0 Å². The summed E-state index contributed by atoms with van der Waals surface area (Å²) in [6, 6.07) is 77.1. The van der Waals surface area contributed by atoms with Crippen molar-refractivity contribution in [2.24, 2.45) is 0 Å². The molecule has 364 valence electrons. The molecule has 4 aliphatic rings. The second kappa shape index (κ2) is 18.5. The molecular formula is C74H58N2. The van der Waals surface area contributed by atoms with E-state index in [0.29, 0.717) is 13.1 Å². The third kappa shape index (κ3) is 7.35. The molecule has 0 saturated heterocycles. The van der Waals surface area contributed by atoms with E-state index in [0.717, 1.165) is 36.8 Å². The van der Waals surface area contributed by atoms with Gasteiger partial charge in [0.2, 0.25) is 13.1 Å². The van der Waals surface area contributed by atoms with Crippen molar-refractivity contribution in [3.05, 3.63) is 351 Å². The molecule has 0 N–H and O–H groups in total. The molecule has 14 rings (SSSR count). The molecule has 0 radical (unpaired) electrons. The third-order valence-corrected chi connectivity index (χ3v) is 17.0. The van der Waals surface area contributed by atoms with Crippen molar-refractivity contribution < 1.29 is 0 Å². The number of aryl methyl sites for hydroxylation is 4. The van der Waals surface area contributed by atoms with Crippen LogP contribution in [0.5, 0.6) is 0 Å². The topological polar surface area (TPSA) is 8.72 Å². The number of benzene rings is 10. The van der Waals surface area contributed by atoms with Crippen molar-refractivity contribution in [1.29, 1.82) is 0 Å². The number of rotatable bonds is 6. The Labute approximate surface area is 448 Å². The monoisotopic (exact) mass is 974 g/mol. The Morgan fingerprint density at radius 3 is 1.50 bits per heavy atom. The van der Waals surface area contributed by atoms with Crippen LogP contribution in [0.3, 0.4) is 0 Å². The number of nitrogens with zero attached hydrogens (tertiary/aromatic N) is 2. The Kier molecular flexibility index (Phi) is 11.4. The van der Waals surface area contributed by atoms with Crippen LogP contribution >= 0.6 is 0 Å². The molecule has 2 atom stereocenters. The van der Waals surface area contributed by atoms with Crippen LogP contribution in [0.2, 0.25) is 0 Å². The lowest BCUT2D eigenvalue weighted by atomic mass is 9.61. The fourth-order valence-corrected chi connectivity index (χ4v) is 14.5. The second-order valence-corrected chi connectivity index (χ2v) is 21.9. The highest BCUT2D eigenvalue weighted by molar-refractivity contribution is 5.91. The van der Waals surface area contributed by atoms with Crippen LogP contribution in [0.15, 0.2) is 206 Å². The fraction of sp³-hybridized carbons (Fsp3) is 0.162. The highest BCUT2D eigenvalue weighted by Crippen LogP contribution is 2.62. The van der Waals surface area contributed by atoms with Crippen LogP contribution < -0.4 is 0 Å². The average Bonchev–Trinajstić information content (AvgIpc) is 4.04. The van der Waals surface area contributed by atoms with Gasteiger partial charge in [0, 0.05) is 11.1 Å². The summed E-state index contributed by atoms with van der Waals surface area (Å²) >= 11 is 0. The first kappa shape index (κ1) is 46.9. The van der Waals surface area contributed by atoms with E-state index in [2.05, 4.69) is 244 Å². The first-order valence-corrected chi connectivity index (χ1v) is 26.9. The van der Waals surface area contributed by atoms with Crippen molar-refractivity contribution in [2.45, 2.75) is 77.3 Å². The molecule has 2 spiro atoms. The number of hydrogen-bond donors (Lipinski definition) is 0. The van der Waals surface area contributed by atoms with E-state index in [-0.39, 0.29) is 10.8 Å². The minimum atomic E-state index is -0.382. The van der Waals surface area contributed by atoms with Crippen molar-refractivity contribution in [3.63, 3.8) is 0 Å². The molecule has 2 heteroatoms. The molecular weight excluding hydrogens is 917 g/mol. The van der Waals surface area contributed by atoms with Crippen LogP contribution in [-0.4, -0.2) is 0 Å². The second-order valence-electron chi connectivity index (χ2n) is 21.9. The summed E-state index contributed by atoms with van der Waals surface area (Å²) in [6.45, 7) is 24.7. The molecule has 2 unspecified atom stereocenters.